The topological polar surface area (TPSA) is 78.1 Å². The fourth-order valence-corrected chi connectivity index (χ4v) is 4.45. The molecule has 4 aromatic rings. The van der Waals surface area contributed by atoms with Crippen LogP contribution < -0.4 is 9.64 Å². The van der Waals surface area contributed by atoms with Crippen LogP contribution in [0.5, 0.6) is 5.75 Å². The van der Waals surface area contributed by atoms with E-state index in [2.05, 4.69) is 10.2 Å². The number of halogens is 1. The lowest BCUT2D eigenvalue weighted by molar-refractivity contribution is -0.113. The van der Waals surface area contributed by atoms with Gasteiger partial charge in [-0.05, 0) is 78.0 Å². The second-order valence-electron chi connectivity index (χ2n) is 8.06. The zero-order valence-corrected chi connectivity index (χ0v) is 20.4. The predicted octanol–water partition coefficient (Wildman–Crippen LogP) is 7.88. The number of azo groups is 1. The quantitative estimate of drug-likeness (QED) is 0.204. The average molecular weight is 509 g/mol. The smallest absolute Gasteiger partial charge is 0.271 e. The number of amides is 1. The molecule has 8 heteroatoms. The van der Waals surface area contributed by atoms with Crippen LogP contribution in [0.25, 0.3) is 6.08 Å². The second-order valence-corrected chi connectivity index (χ2v) is 9.09. The highest BCUT2D eigenvalue weighted by Gasteiger charge is 2.33. The van der Waals surface area contributed by atoms with Crippen LogP contribution in [0.1, 0.15) is 11.1 Å². The molecule has 1 amide bonds. The molecule has 1 aliphatic rings. The third-order valence-electron chi connectivity index (χ3n) is 5.50. The Labute approximate surface area is 217 Å². The zero-order valence-electron chi connectivity index (χ0n) is 19.5. The molecule has 0 atom stereocenters. The molecule has 1 heterocycles. The molecule has 0 bridgehead atoms. The van der Waals surface area contributed by atoms with Gasteiger partial charge in [-0.25, -0.2) is 4.39 Å². The molecule has 0 aromatic heterocycles. The first-order valence-corrected chi connectivity index (χ1v) is 12.2. The zero-order chi connectivity index (χ0) is 25.6. The molecule has 182 valence electrons. The van der Waals surface area contributed by atoms with E-state index in [0.29, 0.717) is 27.6 Å². The largest absolute Gasteiger partial charge is 0.489 e. The van der Waals surface area contributed by atoms with Crippen LogP contribution in [0.2, 0.25) is 0 Å². The fourth-order valence-electron chi connectivity index (χ4n) is 3.59. The summed E-state index contributed by atoms with van der Waals surface area (Å²) in [5.41, 5.74) is 3.25. The van der Waals surface area contributed by atoms with Gasteiger partial charge in [0.1, 0.15) is 18.2 Å². The predicted molar refractivity (Wildman–Crippen MR) is 145 cm³/mol. The standard InChI is InChI=1S/C29H21FN4O2S/c30-26-9-5-4-6-21(26)19-36-25-16-10-20(11-17-25)18-27-28(35)34(29(31)37-27)24-14-12-23(13-15-24)33-32-22-7-2-1-3-8-22/h1-18,31H,19H2/b27-18-,31-29?,33-32?. The second kappa shape index (κ2) is 11.0. The lowest BCUT2D eigenvalue weighted by Crippen LogP contribution is -2.27. The number of anilines is 1. The lowest BCUT2D eigenvalue weighted by atomic mass is 10.2. The molecule has 1 fully saturated rings. The van der Waals surface area contributed by atoms with Crippen LogP contribution >= 0.6 is 11.8 Å². The van der Waals surface area contributed by atoms with Crippen molar-refractivity contribution < 1.29 is 13.9 Å². The summed E-state index contributed by atoms with van der Waals surface area (Å²) in [5, 5.41) is 16.9. The van der Waals surface area contributed by atoms with E-state index in [-0.39, 0.29) is 23.5 Å². The van der Waals surface area contributed by atoms with Gasteiger partial charge in [-0.1, -0.05) is 48.5 Å². The number of amidine groups is 1. The van der Waals surface area contributed by atoms with E-state index in [1.807, 2.05) is 42.5 Å². The minimum Gasteiger partial charge on any atom is -0.489 e. The molecule has 4 aromatic carbocycles. The third kappa shape index (κ3) is 5.82. The molecule has 0 spiro atoms. The van der Waals surface area contributed by atoms with Crippen molar-refractivity contribution in [2.24, 2.45) is 10.2 Å². The summed E-state index contributed by atoms with van der Waals surface area (Å²) in [4.78, 5) is 14.9. The highest BCUT2D eigenvalue weighted by atomic mass is 32.2. The Morgan fingerprint density at radius 3 is 2.19 bits per heavy atom. The maximum Gasteiger partial charge on any atom is 0.271 e. The number of carbonyl (C=O) groups excluding carboxylic acids is 1. The number of nitrogens with zero attached hydrogens (tertiary/aromatic N) is 3. The van der Waals surface area contributed by atoms with Gasteiger partial charge in [-0.15, -0.1) is 0 Å². The van der Waals surface area contributed by atoms with E-state index in [0.717, 1.165) is 23.0 Å². The fraction of sp³-hybridized carbons (Fsp3) is 0.0345. The van der Waals surface area contributed by atoms with Crippen LogP contribution in [0.15, 0.2) is 118 Å². The Morgan fingerprint density at radius 2 is 1.49 bits per heavy atom. The Bertz CT molecular complexity index is 1490. The maximum absolute atomic E-state index is 13.8. The molecule has 0 saturated carbocycles. The molecule has 0 unspecified atom stereocenters. The van der Waals surface area contributed by atoms with E-state index >= 15 is 0 Å². The molecule has 0 radical (unpaired) electrons. The van der Waals surface area contributed by atoms with Gasteiger partial charge in [0.05, 0.1) is 22.0 Å². The number of rotatable bonds is 7. The van der Waals surface area contributed by atoms with E-state index in [1.165, 1.54) is 11.0 Å². The molecule has 0 aliphatic carbocycles. The van der Waals surface area contributed by atoms with Gasteiger partial charge in [-0.3, -0.25) is 15.1 Å². The number of ether oxygens (including phenoxy) is 1. The van der Waals surface area contributed by atoms with Gasteiger partial charge in [0, 0.05) is 5.56 Å². The number of hydrogen-bond donors (Lipinski definition) is 1. The van der Waals surface area contributed by atoms with Crippen LogP contribution in [0.4, 0.5) is 21.5 Å². The molecule has 5 rings (SSSR count). The van der Waals surface area contributed by atoms with Crippen molar-refractivity contribution in [1.82, 2.24) is 0 Å². The summed E-state index contributed by atoms with van der Waals surface area (Å²) in [6.45, 7) is 0.125. The normalized spacial score (nSPS) is 14.6. The molecule has 37 heavy (non-hydrogen) atoms. The SMILES string of the molecule is N=C1S/C(=C\c2ccc(OCc3ccccc3F)cc2)C(=O)N1c1ccc(N=Nc2ccccc2)cc1. The van der Waals surface area contributed by atoms with Gasteiger partial charge >= 0.3 is 0 Å². The summed E-state index contributed by atoms with van der Waals surface area (Å²) < 4.78 is 19.4. The van der Waals surface area contributed by atoms with E-state index < -0.39 is 0 Å². The van der Waals surface area contributed by atoms with Crippen molar-refractivity contribution in [1.29, 1.82) is 5.41 Å². The lowest BCUT2D eigenvalue weighted by Gasteiger charge is -2.14. The Morgan fingerprint density at radius 1 is 0.838 bits per heavy atom. The number of hydrogen-bond acceptors (Lipinski definition) is 6. The first-order chi connectivity index (χ1) is 18.1. The first kappa shape index (κ1) is 24.1. The molecular formula is C29H21FN4O2S. The Hall–Kier alpha value is -4.56. The Kier molecular flexibility index (Phi) is 7.19. The summed E-state index contributed by atoms with van der Waals surface area (Å²) in [7, 11) is 0. The van der Waals surface area contributed by atoms with Gasteiger partial charge < -0.3 is 4.74 Å². The van der Waals surface area contributed by atoms with Crippen molar-refractivity contribution in [3.8, 4) is 5.75 Å². The monoisotopic (exact) mass is 508 g/mol. The highest BCUT2D eigenvalue weighted by Crippen LogP contribution is 2.36. The molecule has 6 nitrogen and oxygen atoms in total. The first-order valence-electron chi connectivity index (χ1n) is 11.4. The van der Waals surface area contributed by atoms with E-state index in [9.17, 15) is 9.18 Å². The van der Waals surface area contributed by atoms with Crippen molar-refractivity contribution in [2.75, 3.05) is 4.90 Å². The minimum absolute atomic E-state index is 0.125. The number of benzene rings is 4. The van der Waals surface area contributed by atoms with E-state index in [1.54, 1.807) is 60.7 Å². The van der Waals surface area contributed by atoms with Gasteiger partial charge in [0.2, 0.25) is 0 Å². The number of thioether (sulfide) groups is 1. The summed E-state index contributed by atoms with van der Waals surface area (Å²) >= 11 is 1.10. The number of nitrogens with one attached hydrogen (secondary N) is 1. The van der Waals surface area contributed by atoms with Gasteiger partial charge in [0.15, 0.2) is 5.17 Å². The average Bonchev–Trinajstić information content (AvgIpc) is 3.21. The van der Waals surface area contributed by atoms with E-state index in [4.69, 9.17) is 10.1 Å². The van der Waals surface area contributed by atoms with Gasteiger partial charge in [0.25, 0.3) is 5.91 Å². The van der Waals surface area contributed by atoms with Crippen molar-refractivity contribution in [3.63, 3.8) is 0 Å². The van der Waals surface area contributed by atoms with Crippen molar-refractivity contribution in [2.45, 2.75) is 6.61 Å². The van der Waals surface area contributed by atoms with Gasteiger partial charge in [-0.2, -0.15) is 10.2 Å². The van der Waals surface area contributed by atoms with Crippen LogP contribution in [0.3, 0.4) is 0 Å². The van der Waals surface area contributed by atoms with Crippen molar-refractivity contribution >= 4 is 46.0 Å². The number of carbonyl (C=O) groups is 1. The van der Waals surface area contributed by atoms with Crippen LogP contribution in [0, 0.1) is 11.2 Å². The Balaban J connectivity index is 1.24. The summed E-state index contributed by atoms with van der Waals surface area (Å²) in [6.07, 6.45) is 1.74. The summed E-state index contributed by atoms with van der Waals surface area (Å²) in [6, 6.07) is 30.1. The van der Waals surface area contributed by atoms with Crippen molar-refractivity contribution in [3.05, 3.63) is 125 Å². The molecule has 1 aliphatic heterocycles. The summed E-state index contributed by atoms with van der Waals surface area (Å²) in [5.74, 6) is 0.0158. The minimum atomic E-state index is -0.307. The maximum atomic E-state index is 13.8. The third-order valence-corrected chi connectivity index (χ3v) is 6.39. The molecule has 1 N–H and O–H groups in total. The molecular weight excluding hydrogens is 487 g/mol. The highest BCUT2D eigenvalue weighted by molar-refractivity contribution is 8.19. The molecule has 1 saturated heterocycles. The van der Waals surface area contributed by atoms with Crippen LogP contribution in [-0.2, 0) is 11.4 Å². The van der Waals surface area contributed by atoms with Crippen LogP contribution in [-0.4, -0.2) is 11.1 Å².